The molecule has 192 valence electrons. The fourth-order valence-electron chi connectivity index (χ4n) is 5.55. The molecule has 1 rings (SSSR count). The zero-order valence-electron chi connectivity index (χ0n) is 23.3. The molecule has 0 aliphatic rings. The van der Waals surface area contributed by atoms with Crippen LogP contribution in [0, 0.1) is 0 Å². The van der Waals surface area contributed by atoms with Gasteiger partial charge in [-0.25, -0.2) is 0 Å². The lowest BCUT2D eigenvalue weighted by Crippen LogP contribution is -2.10. The third kappa shape index (κ3) is 10.9. The Bertz CT molecular complexity index is 616. The Morgan fingerprint density at radius 1 is 0.364 bits per heavy atom. The smallest absolute Gasteiger partial charge is 0.122 e. The van der Waals surface area contributed by atoms with Crippen LogP contribution in [-0.4, -0.2) is 5.11 Å². The predicted molar refractivity (Wildman–Crippen MR) is 149 cm³/mol. The van der Waals surface area contributed by atoms with Gasteiger partial charge < -0.3 is 5.11 Å². The molecule has 0 aliphatic carbocycles. The first kappa shape index (κ1) is 30.1. The predicted octanol–water partition coefficient (Wildman–Crippen LogP) is 10.4. The van der Waals surface area contributed by atoms with Crippen molar-refractivity contribution in [1.29, 1.82) is 0 Å². The summed E-state index contributed by atoms with van der Waals surface area (Å²) in [4.78, 5) is 0. The Hall–Kier alpha value is -0.980. The number of rotatable bonds is 21. The molecule has 0 bridgehead atoms. The van der Waals surface area contributed by atoms with Gasteiger partial charge in [-0.3, -0.25) is 0 Å². The van der Waals surface area contributed by atoms with Crippen molar-refractivity contribution in [2.75, 3.05) is 0 Å². The van der Waals surface area contributed by atoms with E-state index in [1.807, 2.05) is 0 Å². The number of hydrogen-bond donors (Lipinski definition) is 1. The van der Waals surface area contributed by atoms with Crippen molar-refractivity contribution < 1.29 is 5.11 Å². The van der Waals surface area contributed by atoms with Gasteiger partial charge in [0, 0.05) is 0 Å². The van der Waals surface area contributed by atoms with Gasteiger partial charge in [0.05, 0.1) is 0 Å². The van der Waals surface area contributed by atoms with Gasteiger partial charge >= 0.3 is 0 Å². The first-order valence-electron chi connectivity index (χ1n) is 15.0. The van der Waals surface area contributed by atoms with E-state index in [2.05, 4.69) is 34.6 Å². The molecule has 0 saturated carbocycles. The molecule has 0 atom stereocenters. The van der Waals surface area contributed by atoms with Crippen LogP contribution in [0.25, 0.3) is 0 Å². The Kier molecular flexibility index (Phi) is 17.6. The minimum atomic E-state index is 0.683. The number of unbranched alkanes of at least 4 members (excludes halogenated alkanes) is 12. The second-order valence-corrected chi connectivity index (χ2v) is 10.3. The quantitative estimate of drug-likeness (QED) is 0.182. The van der Waals surface area contributed by atoms with E-state index in [0.717, 1.165) is 25.7 Å². The maximum Gasteiger partial charge on any atom is 0.122 e. The molecule has 0 spiro atoms. The molecular formula is C32H58O. The molecule has 0 saturated heterocycles. The van der Waals surface area contributed by atoms with Crippen molar-refractivity contribution in [3.63, 3.8) is 0 Å². The topological polar surface area (TPSA) is 20.2 Å². The summed E-state index contributed by atoms with van der Waals surface area (Å²) in [6.07, 6.45) is 26.5. The number of phenolic OH excluding ortho intramolecular Hbond substituents is 1. The molecule has 0 unspecified atom stereocenters. The van der Waals surface area contributed by atoms with Gasteiger partial charge in [-0.2, -0.15) is 0 Å². The summed E-state index contributed by atoms with van der Waals surface area (Å²) in [5.74, 6) is 0.683. The van der Waals surface area contributed by atoms with Crippen LogP contribution in [0.2, 0.25) is 0 Å². The van der Waals surface area contributed by atoms with E-state index in [0.29, 0.717) is 5.75 Å². The van der Waals surface area contributed by atoms with Crippen molar-refractivity contribution in [3.05, 3.63) is 27.8 Å². The van der Waals surface area contributed by atoms with Gasteiger partial charge in [-0.05, 0) is 79.2 Å². The minimum Gasteiger partial charge on any atom is -0.507 e. The molecule has 0 amide bonds. The molecule has 0 aliphatic heterocycles. The Balaban J connectivity index is 3.23. The number of phenols is 1. The second-order valence-electron chi connectivity index (χ2n) is 10.3. The molecule has 0 fully saturated rings. The molecule has 0 radical (unpaired) electrons. The second kappa shape index (κ2) is 19.3. The van der Waals surface area contributed by atoms with Crippen LogP contribution in [0.1, 0.15) is 165 Å². The summed E-state index contributed by atoms with van der Waals surface area (Å²) in [5, 5.41) is 11.5. The van der Waals surface area contributed by atoms with Crippen LogP contribution in [0.3, 0.4) is 0 Å². The maximum absolute atomic E-state index is 11.5. The number of hydrogen-bond acceptors (Lipinski definition) is 1. The largest absolute Gasteiger partial charge is 0.507 e. The van der Waals surface area contributed by atoms with Crippen molar-refractivity contribution in [1.82, 2.24) is 0 Å². The molecule has 1 aromatic rings. The van der Waals surface area contributed by atoms with Crippen LogP contribution in [-0.2, 0) is 32.1 Å². The SMILES string of the molecule is CCCCCCCc1c(O)c(CCC)c(CC)c(CCCCCCC)c1CCCCCCC. The highest BCUT2D eigenvalue weighted by atomic mass is 16.3. The molecule has 0 heterocycles. The number of benzene rings is 1. The van der Waals surface area contributed by atoms with E-state index in [1.165, 1.54) is 126 Å². The average molecular weight is 459 g/mol. The van der Waals surface area contributed by atoms with Gasteiger partial charge in [0.15, 0.2) is 0 Å². The minimum absolute atomic E-state index is 0.683. The van der Waals surface area contributed by atoms with E-state index in [4.69, 9.17) is 0 Å². The van der Waals surface area contributed by atoms with Gasteiger partial charge in [-0.15, -0.1) is 0 Å². The highest BCUT2D eigenvalue weighted by molar-refractivity contribution is 5.56. The van der Waals surface area contributed by atoms with Crippen LogP contribution in [0.5, 0.6) is 5.75 Å². The summed E-state index contributed by atoms with van der Waals surface area (Å²) in [7, 11) is 0. The fourth-order valence-corrected chi connectivity index (χ4v) is 5.55. The summed E-state index contributed by atoms with van der Waals surface area (Å²) in [5.41, 5.74) is 7.34. The standard InChI is InChI=1S/C32H58O/c1-6-11-14-17-20-24-28-27(10-5)30(23-9-4)32(33)31(26-22-19-16-13-8-3)29(28)25-21-18-15-12-7-2/h33H,6-26H2,1-5H3. The lowest BCUT2D eigenvalue weighted by Gasteiger charge is -2.24. The van der Waals surface area contributed by atoms with Crippen LogP contribution < -0.4 is 0 Å². The van der Waals surface area contributed by atoms with E-state index < -0.39 is 0 Å². The van der Waals surface area contributed by atoms with Crippen molar-refractivity contribution in [2.45, 2.75) is 169 Å². The molecule has 1 nitrogen and oxygen atoms in total. The third-order valence-corrected chi connectivity index (χ3v) is 7.47. The first-order valence-corrected chi connectivity index (χ1v) is 15.0. The summed E-state index contributed by atoms with van der Waals surface area (Å²) >= 11 is 0. The Morgan fingerprint density at radius 3 is 1.12 bits per heavy atom. The van der Waals surface area contributed by atoms with Crippen molar-refractivity contribution >= 4 is 0 Å². The van der Waals surface area contributed by atoms with Crippen molar-refractivity contribution in [3.8, 4) is 5.75 Å². The molecule has 33 heavy (non-hydrogen) atoms. The van der Waals surface area contributed by atoms with E-state index in [-0.39, 0.29) is 0 Å². The van der Waals surface area contributed by atoms with Gasteiger partial charge in [0.1, 0.15) is 5.75 Å². The highest BCUT2D eigenvalue weighted by Gasteiger charge is 2.21. The van der Waals surface area contributed by atoms with Crippen LogP contribution in [0.4, 0.5) is 0 Å². The first-order chi connectivity index (χ1) is 16.2. The van der Waals surface area contributed by atoms with Gasteiger partial charge in [0.2, 0.25) is 0 Å². The van der Waals surface area contributed by atoms with E-state index in [1.54, 1.807) is 11.1 Å². The van der Waals surface area contributed by atoms with E-state index in [9.17, 15) is 5.11 Å². The monoisotopic (exact) mass is 458 g/mol. The van der Waals surface area contributed by atoms with Gasteiger partial charge in [-0.1, -0.05) is 118 Å². The van der Waals surface area contributed by atoms with Crippen LogP contribution >= 0.6 is 0 Å². The molecule has 0 aromatic heterocycles. The normalized spacial score (nSPS) is 11.4. The van der Waals surface area contributed by atoms with E-state index >= 15 is 0 Å². The fraction of sp³-hybridized carbons (Fsp3) is 0.812. The summed E-state index contributed by atoms with van der Waals surface area (Å²) in [6, 6.07) is 0. The summed E-state index contributed by atoms with van der Waals surface area (Å²) < 4.78 is 0. The number of aromatic hydroxyl groups is 1. The summed E-state index contributed by atoms with van der Waals surface area (Å²) in [6.45, 7) is 11.5. The maximum atomic E-state index is 11.5. The molecule has 1 aromatic carbocycles. The Morgan fingerprint density at radius 2 is 0.727 bits per heavy atom. The van der Waals surface area contributed by atoms with Crippen LogP contribution in [0.15, 0.2) is 0 Å². The molecule has 1 N–H and O–H groups in total. The highest BCUT2D eigenvalue weighted by Crippen LogP contribution is 2.38. The lowest BCUT2D eigenvalue weighted by molar-refractivity contribution is 0.454. The zero-order valence-corrected chi connectivity index (χ0v) is 23.3. The average Bonchev–Trinajstić information content (AvgIpc) is 2.82. The van der Waals surface area contributed by atoms with Gasteiger partial charge in [0.25, 0.3) is 0 Å². The zero-order chi connectivity index (χ0) is 24.3. The third-order valence-electron chi connectivity index (χ3n) is 7.47. The molecule has 1 heteroatoms. The lowest BCUT2D eigenvalue weighted by atomic mass is 9.81. The molecular weight excluding hydrogens is 400 g/mol. The van der Waals surface area contributed by atoms with Crippen molar-refractivity contribution in [2.24, 2.45) is 0 Å². The Labute approximate surface area is 208 Å².